The van der Waals surface area contributed by atoms with Crippen molar-refractivity contribution in [1.82, 2.24) is 19.4 Å². The molecule has 4 aromatic carbocycles. The van der Waals surface area contributed by atoms with Crippen LogP contribution in [-0.4, -0.2) is 79.1 Å². The van der Waals surface area contributed by atoms with Gasteiger partial charge < -0.3 is 10.4 Å². The van der Waals surface area contributed by atoms with Gasteiger partial charge in [0.15, 0.2) is 18.7 Å². The average molecular weight is 884 g/mol. The van der Waals surface area contributed by atoms with Crippen molar-refractivity contribution in [2.24, 2.45) is 0 Å². The van der Waals surface area contributed by atoms with Gasteiger partial charge in [-0.05, 0) is 61.3 Å². The number of hydrogen-bond acceptors (Lipinski definition) is 11. The van der Waals surface area contributed by atoms with Crippen molar-refractivity contribution < 1.29 is 37.3 Å². The molecule has 0 fully saturated rings. The molecule has 0 aliphatic heterocycles. The zero-order valence-electron chi connectivity index (χ0n) is 34.3. The summed E-state index contributed by atoms with van der Waals surface area (Å²) in [6, 6.07) is 35.5. The van der Waals surface area contributed by atoms with E-state index in [1.54, 1.807) is 27.9 Å². The van der Waals surface area contributed by atoms with Crippen LogP contribution in [0.2, 0.25) is 0 Å². The van der Waals surface area contributed by atoms with Gasteiger partial charge in [0.1, 0.15) is 0 Å². The maximum absolute atomic E-state index is 12.6. The Morgan fingerprint density at radius 3 is 1.46 bits per heavy atom. The Kier molecular flexibility index (Phi) is 17.8. The first-order valence-electron chi connectivity index (χ1n) is 18.3. The van der Waals surface area contributed by atoms with E-state index in [4.69, 9.17) is 6.48 Å². The molecule has 13 nitrogen and oxygen atoms in total. The lowest BCUT2D eigenvalue weighted by molar-refractivity contribution is -0.136. The Balaban J connectivity index is 0.000000254. The van der Waals surface area contributed by atoms with Gasteiger partial charge in [0.2, 0.25) is 5.91 Å². The second kappa shape index (κ2) is 22.7. The van der Waals surface area contributed by atoms with Crippen LogP contribution in [0.1, 0.15) is 23.9 Å². The lowest BCUT2D eigenvalue weighted by Gasteiger charge is -2.14. The van der Waals surface area contributed by atoms with Gasteiger partial charge in [0, 0.05) is 14.1 Å². The highest BCUT2D eigenvalue weighted by Crippen LogP contribution is 2.30. The number of hydrogen-bond donors (Lipinski definition) is 4. The van der Waals surface area contributed by atoms with E-state index >= 15 is 0 Å². The molecule has 2 aromatic heterocycles. The van der Waals surface area contributed by atoms with E-state index in [1.807, 2.05) is 109 Å². The smallest absolute Gasteiger partial charge is 0.307 e. The van der Waals surface area contributed by atoms with Gasteiger partial charge in [0.25, 0.3) is 20.0 Å². The van der Waals surface area contributed by atoms with Crippen molar-refractivity contribution in [2.45, 2.75) is 35.1 Å². The van der Waals surface area contributed by atoms with Crippen LogP contribution in [0, 0.1) is 13.8 Å². The summed E-state index contributed by atoms with van der Waals surface area (Å²) in [4.78, 5) is 32.8. The van der Waals surface area contributed by atoms with E-state index in [2.05, 4.69) is 24.7 Å². The molecule has 0 unspecified atom stereocenters. The number of likely N-dealkylation sites (N-methyl/N-ethyl adjacent to an activating group) is 1. The number of sulfonamides is 2. The Labute approximate surface area is 354 Å². The van der Waals surface area contributed by atoms with Crippen molar-refractivity contribution in [3.8, 4) is 22.3 Å². The van der Waals surface area contributed by atoms with Gasteiger partial charge in [0.05, 0.1) is 32.8 Å². The molecular weight excluding hydrogens is 836 g/mol. The molecule has 0 aliphatic carbocycles. The molecule has 0 radical (unpaired) electrons. The Morgan fingerprint density at radius 2 is 1.07 bits per heavy atom. The number of halogens is 1. The number of carboxylic acids is 1. The molecule has 18 heteroatoms. The summed E-state index contributed by atoms with van der Waals surface area (Å²) in [5, 5.41) is 12.4. The lowest BCUT2D eigenvalue weighted by Crippen LogP contribution is -2.27. The first-order valence-corrected chi connectivity index (χ1v) is 22.2. The van der Waals surface area contributed by atoms with Gasteiger partial charge >= 0.3 is 5.97 Å². The van der Waals surface area contributed by atoms with E-state index in [9.17, 15) is 30.8 Å². The molecule has 4 N–H and O–H groups in total. The highest BCUT2D eigenvalue weighted by molar-refractivity contribution is 7.92. The highest BCUT2D eigenvalue weighted by atomic mass is 32.3. The number of aryl methyl sites for hydroxylation is 2. The molecule has 0 saturated heterocycles. The monoisotopic (exact) mass is 883 g/mol. The summed E-state index contributed by atoms with van der Waals surface area (Å²) in [5.41, 5.74) is 7.06. The number of carbonyl (C=O) groups is 2. The quantitative estimate of drug-likeness (QED) is 0.0979. The van der Waals surface area contributed by atoms with E-state index in [-0.39, 0.29) is 27.2 Å². The van der Waals surface area contributed by atoms with Crippen molar-refractivity contribution in [3.05, 3.63) is 132 Å². The van der Waals surface area contributed by atoms with Crippen LogP contribution in [0.3, 0.4) is 0 Å². The number of carboxylic acid groups (broad SMARTS) is 1. The van der Waals surface area contributed by atoms with Gasteiger partial charge in [-0.3, -0.25) is 18.9 Å². The van der Waals surface area contributed by atoms with Crippen molar-refractivity contribution in [3.63, 3.8) is 0 Å². The Morgan fingerprint density at radius 1 is 0.678 bits per heavy atom. The molecule has 314 valence electrons. The molecule has 0 aliphatic rings. The number of benzene rings is 4. The average Bonchev–Trinajstić information content (AvgIpc) is 3.85. The van der Waals surface area contributed by atoms with Crippen molar-refractivity contribution >= 4 is 64.9 Å². The number of nitrogens with zero attached hydrogens (tertiary/aromatic N) is 3. The second-order valence-corrected chi connectivity index (χ2v) is 18.4. The minimum atomic E-state index is -3.59. The fraction of sp³-hybridized carbons (Fsp3) is 0.220. The number of nitrogens with one attached hydrogen (secondary N) is 3. The zero-order chi connectivity index (χ0) is 44.5. The standard InChI is InChI=1S/C20H21N3O3S2.C14H12O2.C6H11N3O2S2.CH3F/c1-14-19(28(25,26)21-2)27-20(22-14)23(3)18(24)13-15-9-11-17(12-10-15)16-7-5-4-6-8-16;15-14(16)10-11-6-8-13(9-7-11)12-4-2-1-3-5-12;1-4-5(13(10,11)8-3)12-6(7-2)9-4;1-2/h4-12,21H,13H2,1-3H3;1-9H,10H2,(H,15,16);8H,1-3H3,(H,7,9);1H3/i;;;1D. The number of carbonyl (C=O) groups excluding carboxylic acids is 1. The molecule has 0 saturated carbocycles. The van der Waals surface area contributed by atoms with Crippen LogP contribution in [0.4, 0.5) is 14.7 Å². The third kappa shape index (κ3) is 13.9. The number of anilines is 2. The number of aromatic nitrogens is 2. The molecule has 6 aromatic rings. The molecule has 6 rings (SSSR count). The van der Waals surface area contributed by atoms with E-state index < -0.39 is 33.2 Å². The Bertz CT molecular complexity index is 2510. The maximum atomic E-state index is 12.6. The van der Waals surface area contributed by atoms with Gasteiger partial charge in [-0.1, -0.05) is 132 Å². The van der Waals surface area contributed by atoms with Crippen LogP contribution in [0.15, 0.2) is 118 Å². The summed E-state index contributed by atoms with van der Waals surface area (Å²) < 4.78 is 67.2. The topological polar surface area (TPSA) is 188 Å². The summed E-state index contributed by atoms with van der Waals surface area (Å²) >= 11 is 2.10. The molecule has 2 heterocycles. The third-order valence-electron chi connectivity index (χ3n) is 8.23. The number of aliphatic carboxylic acids is 1. The minimum Gasteiger partial charge on any atom is -0.481 e. The van der Waals surface area contributed by atoms with Gasteiger partial charge in [-0.25, -0.2) is 36.2 Å². The van der Waals surface area contributed by atoms with Crippen molar-refractivity contribution in [1.29, 1.82) is 0 Å². The fourth-order valence-electron chi connectivity index (χ4n) is 5.15. The SMILES string of the molecule is CNS(=O)(=O)c1sc(N(C)C(=O)Cc2ccc(-c3ccccc3)cc2)nc1C.CNc1nc(C)c(S(=O)(=O)NC)s1.O=C(O)Cc1ccc(-c2ccccc2)cc1.[2H]CF. The third-order valence-corrected chi connectivity index (χ3v) is 14.7. The molecule has 0 atom stereocenters. The minimum absolute atomic E-state index is 0.0784. The summed E-state index contributed by atoms with van der Waals surface area (Å²) in [7, 11) is -1.90. The molecule has 1 amide bonds. The fourth-order valence-corrected chi connectivity index (χ4v) is 9.66. The van der Waals surface area contributed by atoms with Crippen molar-refractivity contribution in [2.75, 3.05) is 45.6 Å². The predicted molar refractivity (Wildman–Crippen MR) is 235 cm³/mol. The van der Waals surface area contributed by atoms with E-state index in [1.165, 1.54) is 19.0 Å². The van der Waals surface area contributed by atoms with Crippen LogP contribution in [0.25, 0.3) is 22.3 Å². The maximum Gasteiger partial charge on any atom is 0.307 e. The first-order chi connectivity index (χ1) is 28.5. The number of thiazole rings is 2. The summed E-state index contributed by atoms with van der Waals surface area (Å²) in [6.07, 6.45) is 0.285. The van der Waals surface area contributed by atoms with Crippen LogP contribution in [-0.2, 0) is 42.5 Å². The lowest BCUT2D eigenvalue weighted by atomic mass is 10.0. The number of alkyl halides is 1. The largest absolute Gasteiger partial charge is 0.481 e. The molecule has 0 spiro atoms. The molecule has 0 bridgehead atoms. The van der Waals surface area contributed by atoms with E-state index in [0.29, 0.717) is 21.7 Å². The van der Waals surface area contributed by atoms with Gasteiger partial charge in [-0.15, -0.1) is 0 Å². The van der Waals surface area contributed by atoms with Crippen LogP contribution < -0.4 is 19.7 Å². The Hall–Kier alpha value is -5.37. The molecule has 59 heavy (non-hydrogen) atoms. The number of amides is 1. The zero-order valence-corrected chi connectivity index (χ0v) is 36.5. The van der Waals surface area contributed by atoms with Gasteiger partial charge in [-0.2, -0.15) is 0 Å². The highest BCUT2D eigenvalue weighted by Gasteiger charge is 2.24. The van der Waals surface area contributed by atoms with Crippen LogP contribution >= 0.6 is 22.7 Å². The van der Waals surface area contributed by atoms with Crippen LogP contribution in [0.5, 0.6) is 0 Å². The number of rotatable bonds is 12. The first kappa shape index (κ1) is 46.3. The summed E-state index contributed by atoms with van der Waals surface area (Å²) in [5.74, 6) is -0.956. The second-order valence-electron chi connectivity index (χ2n) is 12.3. The summed E-state index contributed by atoms with van der Waals surface area (Å²) in [6.45, 7) is 3.28. The molecular formula is C41H47FN6O7S4. The normalized spacial score (nSPS) is 11.0. The predicted octanol–water partition coefficient (Wildman–Crippen LogP) is 7.20. The van der Waals surface area contributed by atoms with E-state index in [0.717, 1.165) is 56.1 Å².